The van der Waals surface area contributed by atoms with Crippen LogP contribution in [0.15, 0.2) is 28.7 Å². The molecule has 0 amide bonds. The molecular formula is C13H19BrN2. The van der Waals surface area contributed by atoms with Gasteiger partial charge in [0.1, 0.15) is 0 Å². The van der Waals surface area contributed by atoms with Gasteiger partial charge in [0.15, 0.2) is 0 Å². The van der Waals surface area contributed by atoms with Crippen LogP contribution < -0.4 is 5.32 Å². The summed E-state index contributed by atoms with van der Waals surface area (Å²) in [5, 5.41) is 3.64. The minimum Gasteiger partial charge on any atom is -0.381 e. The molecule has 3 heteroatoms. The average Bonchev–Trinajstić information content (AvgIpc) is 2.47. The van der Waals surface area contributed by atoms with E-state index in [2.05, 4.69) is 57.5 Å². The monoisotopic (exact) mass is 282 g/mol. The number of hydrogen-bond acceptors (Lipinski definition) is 2. The van der Waals surface area contributed by atoms with Gasteiger partial charge in [0.2, 0.25) is 0 Å². The summed E-state index contributed by atoms with van der Waals surface area (Å²) in [5.74, 6) is 0. The second-order valence-corrected chi connectivity index (χ2v) is 5.41. The van der Waals surface area contributed by atoms with Gasteiger partial charge in [-0.25, -0.2) is 0 Å². The van der Waals surface area contributed by atoms with E-state index >= 15 is 0 Å². The lowest BCUT2D eigenvalue weighted by Gasteiger charge is -2.18. The summed E-state index contributed by atoms with van der Waals surface area (Å²) in [6, 6.07) is 8.97. The highest BCUT2D eigenvalue weighted by Gasteiger charge is 2.14. The summed E-state index contributed by atoms with van der Waals surface area (Å²) >= 11 is 3.58. The van der Waals surface area contributed by atoms with Gasteiger partial charge in [-0.1, -0.05) is 12.1 Å². The molecule has 1 saturated heterocycles. The minimum absolute atomic E-state index is 0.614. The Morgan fingerprint density at radius 2 is 2.06 bits per heavy atom. The van der Waals surface area contributed by atoms with Crippen LogP contribution in [0.1, 0.15) is 19.3 Å². The number of benzene rings is 1. The highest BCUT2D eigenvalue weighted by atomic mass is 79.9. The zero-order chi connectivity index (χ0) is 11.4. The van der Waals surface area contributed by atoms with Crippen molar-refractivity contribution in [3.63, 3.8) is 0 Å². The number of rotatable bonds is 2. The first kappa shape index (κ1) is 11.9. The third kappa shape index (κ3) is 3.22. The van der Waals surface area contributed by atoms with E-state index in [0.717, 1.165) is 4.47 Å². The molecule has 0 bridgehead atoms. The van der Waals surface area contributed by atoms with Gasteiger partial charge in [-0.05, 0) is 67.5 Å². The Balaban J connectivity index is 1.96. The van der Waals surface area contributed by atoms with Gasteiger partial charge in [-0.15, -0.1) is 0 Å². The summed E-state index contributed by atoms with van der Waals surface area (Å²) in [5.41, 5.74) is 1.22. The molecular weight excluding hydrogens is 264 g/mol. The van der Waals surface area contributed by atoms with E-state index in [0.29, 0.717) is 6.04 Å². The molecule has 0 aliphatic carbocycles. The van der Waals surface area contributed by atoms with Crippen LogP contribution in [0.25, 0.3) is 0 Å². The van der Waals surface area contributed by atoms with Crippen molar-refractivity contribution in [1.82, 2.24) is 4.90 Å². The molecule has 1 heterocycles. The summed E-state index contributed by atoms with van der Waals surface area (Å²) < 4.78 is 1.16. The van der Waals surface area contributed by atoms with E-state index in [1.807, 2.05) is 0 Å². The van der Waals surface area contributed by atoms with Crippen LogP contribution in [0, 0.1) is 0 Å². The van der Waals surface area contributed by atoms with E-state index in [1.165, 1.54) is 38.0 Å². The molecule has 1 N–H and O–H groups in total. The average molecular weight is 283 g/mol. The first-order valence-corrected chi connectivity index (χ1v) is 6.74. The van der Waals surface area contributed by atoms with Crippen LogP contribution >= 0.6 is 15.9 Å². The van der Waals surface area contributed by atoms with Crippen LogP contribution in [0.3, 0.4) is 0 Å². The fraction of sp³-hybridized carbons (Fsp3) is 0.538. The van der Waals surface area contributed by atoms with E-state index in [9.17, 15) is 0 Å². The summed E-state index contributed by atoms with van der Waals surface area (Å²) in [6.45, 7) is 2.43. The minimum atomic E-state index is 0.614. The molecule has 0 spiro atoms. The van der Waals surface area contributed by atoms with Crippen LogP contribution in [-0.4, -0.2) is 31.1 Å². The van der Waals surface area contributed by atoms with Crippen LogP contribution in [0.4, 0.5) is 5.69 Å². The van der Waals surface area contributed by atoms with Gasteiger partial charge < -0.3 is 10.2 Å². The van der Waals surface area contributed by atoms with Crippen LogP contribution in [-0.2, 0) is 0 Å². The third-order valence-corrected chi connectivity index (χ3v) is 3.88. The fourth-order valence-electron chi connectivity index (χ4n) is 2.18. The number of likely N-dealkylation sites (tertiary alicyclic amines) is 1. The zero-order valence-corrected chi connectivity index (χ0v) is 11.3. The Labute approximate surface area is 106 Å². The molecule has 0 aromatic heterocycles. The van der Waals surface area contributed by atoms with Gasteiger partial charge in [-0.2, -0.15) is 0 Å². The van der Waals surface area contributed by atoms with Crippen molar-refractivity contribution in [1.29, 1.82) is 0 Å². The molecule has 88 valence electrons. The molecule has 1 aliphatic rings. The van der Waals surface area contributed by atoms with Gasteiger partial charge >= 0.3 is 0 Å². The van der Waals surface area contributed by atoms with Crippen molar-refractivity contribution >= 4 is 21.6 Å². The molecule has 1 aromatic carbocycles. The maximum atomic E-state index is 3.64. The lowest BCUT2D eigenvalue weighted by molar-refractivity contribution is 0.348. The van der Waals surface area contributed by atoms with Crippen molar-refractivity contribution < 1.29 is 0 Å². The number of nitrogens with zero attached hydrogens (tertiary/aromatic N) is 1. The Kier molecular flexibility index (Phi) is 4.24. The molecule has 2 nitrogen and oxygen atoms in total. The predicted octanol–water partition coefficient (Wildman–Crippen LogP) is 3.35. The van der Waals surface area contributed by atoms with E-state index < -0.39 is 0 Å². The topological polar surface area (TPSA) is 15.3 Å². The lowest BCUT2D eigenvalue weighted by atomic mass is 10.1. The summed E-state index contributed by atoms with van der Waals surface area (Å²) in [6.07, 6.45) is 3.79. The highest BCUT2D eigenvalue weighted by molar-refractivity contribution is 9.10. The van der Waals surface area contributed by atoms with E-state index in [1.54, 1.807) is 0 Å². The standard InChI is InChI=1S/C13H19BrN2/c1-16-9-4-5-11(8-10-16)15-13-7-3-2-6-12(13)14/h2-3,6-7,11,15H,4-5,8-10H2,1H3. The van der Waals surface area contributed by atoms with Gasteiger partial charge in [0, 0.05) is 16.2 Å². The van der Waals surface area contributed by atoms with Gasteiger partial charge in [0.05, 0.1) is 0 Å². The SMILES string of the molecule is CN1CCCC(Nc2ccccc2Br)CC1. The molecule has 2 rings (SSSR count). The van der Waals surface area contributed by atoms with Crippen LogP contribution in [0.5, 0.6) is 0 Å². The maximum absolute atomic E-state index is 3.64. The van der Waals surface area contributed by atoms with Crippen molar-refractivity contribution in [3.05, 3.63) is 28.7 Å². The molecule has 1 aromatic rings. The molecule has 1 unspecified atom stereocenters. The first-order valence-electron chi connectivity index (χ1n) is 5.95. The number of anilines is 1. The largest absolute Gasteiger partial charge is 0.381 e. The quantitative estimate of drug-likeness (QED) is 0.895. The summed E-state index contributed by atoms with van der Waals surface area (Å²) in [7, 11) is 2.21. The Morgan fingerprint density at radius 3 is 2.88 bits per heavy atom. The van der Waals surface area contributed by atoms with E-state index in [4.69, 9.17) is 0 Å². The third-order valence-electron chi connectivity index (χ3n) is 3.19. The van der Waals surface area contributed by atoms with Gasteiger partial charge in [-0.3, -0.25) is 0 Å². The molecule has 1 aliphatic heterocycles. The van der Waals surface area contributed by atoms with Crippen molar-refractivity contribution in [2.24, 2.45) is 0 Å². The van der Waals surface area contributed by atoms with Gasteiger partial charge in [0.25, 0.3) is 0 Å². The normalized spacial score (nSPS) is 22.8. The maximum Gasteiger partial charge on any atom is 0.0486 e. The summed E-state index contributed by atoms with van der Waals surface area (Å²) in [4.78, 5) is 2.42. The number of para-hydroxylation sites is 1. The number of halogens is 1. The van der Waals surface area contributed by atoms with E-state index in [-0.39, 0.29) is 0 Å². The fourth-order valence-corrected chi connectivity index (χ4v) is 2.58. The highest BCUT2D eigenvalue weighted by Crippen LogP contribution is 2.24. The smallest absolute Gasteiger partial charge is 0.0486 e. The molecule has 16 heavy (non-hydrogen) atoms. The number of nitrogens with one attached hydrogen (secondary N) is 1. The Hall–Kier alpha value is -0.540. The van der Waals surface area contributed by atoms with Crippen LogP contribution in [0.2, 0.25) is 0 Å². The first-order chi connectivity index (χ1) is 7.75. The molecule has 1 fully saturated rings. The van der Waals surface area contributed by atoms with Crippen molar-refractivity contribution in [3.8, 4) is 0 Å². The molecule has 1 atom stereocenters. The Bertz CT molecular complexity index is 340. The molecule has 0 radical (unpaired) electrons. The Morgan fingerprint density at radius 1 is 1.25 bits per heavy atom. The lowest BCUT2D eigenvalue weighted by Crippen LogP contribution is -2.23. The second kappa shape index (κ2) is 5.69. The van der Waals surface area contributed by atoms with Crippen molar-refractivity contribution in [2.45, 2.75) is 25.3 Å². The molecule has 0 saturated carbocycles. The zero-order valence-electron chi connectivity index (χ0n) is 9.75. The predicted molar refractivity (Wildman–Crippen MR) is 72.9 cm³/mol. The second-order valence-electron chi connectivity index (χ2n) is 4.56. The number of hydrogen-bond donors (Lipinski definition) is 1. The van der Waals surface area contributed by atoms with Crippen molar-refractivity contribution in [2.75, 3.05) is 25.5 Å².